The van der Waals surface area contributed by atoms with Crippen molar-refractivity contribution in [2.24, 2.45) is 5.92 Å². The molecule has 3 rings (SSSR count). The van der Waals surface area contributed by atoms with E-state index in [9.17, 15) is 23.6 Å². The smallest absolute Gasteiger partial charge is 0.242 e. The normalized spacial score (nSPS) is 20.1. The van der Waals surface area contributed by atoms with Gasteiger partial charge in [-0.3, -0.25) is 4.79 Å². The molecule has 1 saturated heterocycles. The zero-order valence-corrected chi connectivity index (χ0v) is 17.0. The van der Waals surface area contributed by atoms with Crippen molar-refractivity contribution in [3.63, 3.8) is 0 Å². The van der Waals surface area contributed by atoms with Gasteiger partial charge in [0.05, 0.1) is 22.9 Å². The van der Waals surface area contributed by atoms with Crippen LogP contribution in [0.5, 0.6) is 0 Å². The predicted octanol–water partition coefficient (Wildman–Crippen LogP) is 0.532. The second-order valence-electron chi connectivity index (χ2n) is 7.36. The van der Waals surface area contributed by atoms with Crippen molar-refractivity contribution >= 4 is 26.8 Å². The highest BCUT2D eigenvalue weighted by molar-refractivity contribution is 7.89. The minimum Gasteiger partial charge on any atom is -0.391 e. The third-order valence-electron chi connectivity index (χ3n) is 5.38. The summed E-state index contributed by atoms with van der Waals surface area (Å²) in [6, 6.07) is 9.61. The van der Waals surface area contributed by atoms with Gasteiger partial charge in [-0.15, -0.1) is 0 Å². The van der Waals surface area contributed by atoms with Crippen LogP contribution in [0.15, 0.2) is 24.3 Å². The SMILES string of the molecule is Cc1c(C#N)c2ccccc2n1CC(=O)N1C[C@@H](CS(=O)(=O)N(C)C)[C@@H](O)C1. The van der Waals surface area contributed by atoms with E-state index < -0.39 is 22.0 Å². The summed E-state index contributed by atoms with van der Waals surface area (Å²) in [4.78, 5) is 14.4. The van der Waals surface area contributed by atoms with Gasteiger partial charge in [-0.05, 0) is 13.0 Å². The van der Waals surface area contributed by atoms with Crippen LogP contribution in [0, 0.1) is 24.2 Å². The van der Waals surface area contributed by atoms with E-state index >= 15 is 0 Å². The molecule has 0 aliphatic carbocycles. The van der Waals surface area contributed by atoms with Crippen LogP contribution >= 0.6 is 0 Å². The number of amides is 1. The number of aliphatic hydroxyl groups excluding tert-OH is 1. The molecule has 9 heteroatoms. The molecule has 0 bridgehead atoms. The van der Waals surface area contributed by atoms with Gasteiger partial charge in [-0.1, -0.05) is 18.2 Å². The molecule has 1 amide bonds. The quantitative estimate of drug-likeness (QED) is 0.782. The van der Waals surface area contributed by atoms with Crippen molar-refractivity contribution in [2.45, 2.75) is 19.6 Å². The van der Waals surface area contributed by atoms with E-state index in [2.05, 4.69) is 6.07 Å². The van der Waals surface area contributed by atoms with Gasteiger partial charge in [0, 0.05) is 44.2 Å². The maximum absolute atomic E-state index is 12.9. The van der Waals surface area contributed by atoms with E-state index in [-0.39, 0.29) is 31.3 Å². The molecule has 1 aromatic carbocycles. The Kier molecular flexibility index (Phi) is 5.48. The highest BCUT2D eigenvalue weighted by Gasteiger charge is 2.37. The lowest BCUT2D eigenvalue weighted by Gasteiger charge is -2.19. The summed E-state index contributed by atoms with van der Waals surface area (Å²) in [5.41, 5.74) is 2.06. The van der Waals surface area contributed by atoms with Crippen LogP contribution in [0.2, 0.25) is 0 Å². The van der Waals surface area contributed by atoms with Crippen LogP contribution in [0.3, 0.4) is 0 Å². The van der Waals surface area contributed by atoms with Crippen molar-refractivity contribution in [1.29, 1.82) is 5.26 Å². The summed E-state index contributed by atoms with van der Waals surface area (Å²) < 4.78 is 27.1. The maximum Gasteiger partial charge on any atom is 0.242 e. The molecule has 1 aliphatic heterocycles. The van der Waals surface area contributed by atoms with E-state index in [1.807, 2.05) is 24.3 Å². The zero-order valence-electron chi connectivity index (χ0n) is 16.2. The molecule has 8 nitrogen and oxygen atoms in total. The van der Waals surface area contributed by atoms with E-state index in [4.69, 9.17) is 0 Å². The fourth-order valence-electron chi connectivity index (χ4n) is 3.65. The van der Waals surface area contributed by atoms with Crippen molar-refractivity contribution in [3.8, 4) is 6.07 Å². The molecule has 2 aromatic rings. The first kappa shape index (κ1) is 20.3. The molecular formula is C19H24N4O4S. The number of rotatable bonds is 5. The lowest BCUT2D eigenvalue weighted by atomic mass is 10.1. The van der Waals surface area contributed by atoms with E-state index in [0.29, 0.717) is 11.3 Å². The zero-order chi connectivity index (χ0) is 20.6. The summed E-state index contributed by atoms with van der Waals surface area (Å²) in [6.07, 6.45) is -0.879. The number of nitrogens with zero attached hydrogens (tertiary/aromatic N) is 4. The van der Waals surface area contributed by atoms with Crippen LogP contribution in [-0.4, -0.2) is 72.2 Å². The number of fused-ring (bicyclic) bond motifs is 1. The second kappa shape index (κ2) is 7.54. The largest absolute Gasteiger partial charge is 0.391 e. The number of aromatic nitrogens is 1. The van der Waals surface area contributed by atoms with Crippen LogP contribution in [-0.2, 0) is 21.4 Å². The third kappa shape index (κ3) is 3.63. The van der Waals surface area contributed by atoms with Crippen molar-refractivity contribution in [2.75, 3.05) is 32.9 Å². The minimum atomic E-state index is -3.46. The summed E-state index contributed by atoms with van der Waals surface area (Å²) in [5, 5.41) is 20.5. The van der Waals surface area contributed by atoms with Crippen LogP contribution < -0.4 is 0 Å². The standard InChI is InChI=1S/C19H24N4O4S/c1-13-16(8-20)15-6-4-5-7-17(15)23(13)11-19(25)22-9-14(18(24)10-22)12-28(26,27)21(2)3/h4-7,14,18,24H,9-12H2,1-3H3/t14-,18-/m0/s1. The Morgan fingerprint density at radius 3 is 2.64 bits per heavy atom. The van der Waals surface area contributed by atoms with Crippen molar-refractivity contribution in [1.82, 2.24) is 13.8 Å². The monoisotopic (exact) mass is 404 g/mol. The van der Waals surface area contributed by atoms with Gasteiger partial charge in [-0.25, -0.2) is 12.7 Å². The van der Waals surface area contributed by atoms with Crippen LogP contribution in [0.1, 0.15) is 11.3 Å². The third-order valence-corrected chi connectivity index (χ3v) is 7.34. The number of carbonyl (C=O) groups excluding carboxylic acids is 1. The first-order valence-electron chi connectivity index (χ1n) is 8.99. The molecule has 2 heterocycles. The average molecular weight is 404 g/mol. The predicted molar refractivity (Wildman–Crippen MR) is 105 cm³/mol. The topological polar surface area (TPSA) is 107 Å². The fourth-order valence-corrected chi connectivity index (χ4v) is 4.82. The molecule has 0 saturated carbocycles. The lowest BCUT2D eigenvalue weighted by molar-refractivity contribution is -0.131. The number of aliphatic hydroxyl groups is 1. The van der Waals surface area contributed by atoms with E-state index in [0.717, 1.165) is 15.2 Å². The Hall–Kier alpha value is -2.41. The molecule has 0 radical (unpaired) electrons. The molecule has 0 spiro atoms. The number of hydrogen-bond donors (Lipinski definition) is 1. The first-order chi connectivity index (χ1) is 13.2. The summed E-state index contributed by atoms with van der Waals surface area (Å²) in [7, 11) is -0.563. The second-order valence-corrected chi connectivity index (χ2v) is 9.59. The molecule has 1 fully saturated rings. The molecule has 2 atom stereocenters. The first-order valence-corrected chi connectivity index (χ1v) is 10.6. The number of sulfonamides is 1. The van der Waals surface area contributed by atoms with Crippen LogP contribution in [0.25, 0.3) is 10.9 Å². The van der Waals surface area contributed by atoms with Gasteiger partial charge in [-0.2, -0.15) is 5.26 Å². The Morgan fingerprint density at radius 2 is 2.00 bits per heavy atom. The minimum absolute atomic E-state index is 0.0356. The Labute approximate surface area is 164 Å². The van der Waals surface area contributed by atoms with E-state index in [1.54, 1.807) is 11.5 Å². The highest BCUT2D eigenvalue weighted by Crippen LogP contribution is 2.26. The summed E-state index contributed by atoms with van der Waals surface area (Å²) in [6.45, 7) is 2.14. The number of para-hydroxylation sites is 1. The van der Waals surface area contributed by atoms with Crippen molar-refractivity contribution < 1.29 is 18.3 Å². The van der Waals surface area contributed by atoms with Crippen molar-refractivity contribution in [3.05, 3.63) is 35.5 Å². The van der Waals surface area contributed by atoms with Gasteiger partial charge in [0.1, 0.15) is 12.6 Å². The number of β-amino-alcohol motifs (C(OH)–C–C–N with tert-alkyl or cyclic N) is 1. The molecular weight excluding hydrogens is 380 g/mol. The fraction of sp³-hybridized carbons (Fsp3) is 0.474. The summed E-state index contributed by atoms with van der Waals surface area (Å²) in [5.74, 6) is -0.930. The molecule has 0 unspecified atom stereocenters. The van der Waals surface area contributed by atoms with Gasteiger partial charge in [0.2, 0.25) is 15.9 Å². The van der Waals surface area contributed by atoms with Crippen LogP contribution in [0.4, 0.5) is 0 Å². The molecule has 1 aliphatic rings. The maximum atomic E-state index is 12.9. The Balaban J connectivity index is 1.79. The number of nitriles is 1. The number of carbonyl (C=O) groups is 1. The molecule has 28 heavy (non-hydrogen) atoms. The average Bonchev–Trinajstić information content (AvgIpc) is 3.12. The molecule has 1 N–H and O–H groups in total. The Morgan fingerprint density at radius 1 is 1.32 bits per heavy atom. The van der Waals surface area contributed by atoms with Gasteiger partial charge in [0.25, 0.3) is 0 Å². The summed E-state index contributed by atoms with van der Waals surface area (Å²) >= 11 is 0. The lowest BCUT2D eigenvalue weighted by Crippen LogP contribution is -2.34. The molecule has 150 valence electrons. The van der Waals surface area contributed by atoms with E-state index in [1.165, 1.54) is 19.0 Å². The van der Waals surface area contributed by atoms with Gasteiger partial charge >= 0.3 is 0 Å². The number of likely N-dealkylation sites (tertiary alicyclic amines) is 1. The number of hydrogen-bond acceptors (Lipinski definition) is 5. The van der Waals surface area contributed by atoms with Gasteiger partial charge in [0.15, 0.2) is 0 Å². The molecule has 1 aromatic heterocycles. The Bertz CT molecular complexity index is 1050. The highest BCUT2D eigenvalue weighted by atomic mass is 32.2. The number of benzene rings is 1. The van der Waals surface area contributed by atoms with Gasteiger partial charge < -0.3 is 14.6 Å².